The number of hydrogen-bond donors (Lipinski definition) is 2. The van der Waals surface area contributed by atoms with Crippen molar-refractivity contribution in [3.63, 3.8) is 0 Å². The van der Waals surface area contributed by atoms with Crippen molar-refractivity contribution in [2.24, 2.45) is 5.92 Å². The van der Waals surface area contributed by atoms with Gasteiger partial charge in [-0.25, -0.2) is 4.39 Å². The largest absolute Gasteiger partial charge is 0.387 e. The summed E-state index contributed by atoms with van der Waals surface area (Å²) in [4.78, 5) is 4.38. The van der Waals surface area contributed by atoms with Gasteiger partial charge in [-0.15, -0.1) is 0 Å². The van der Waals surface area contributed by atoms with Gasteiger partial charge >= 0.3 is 0 Å². The lowest BCUT2D eigenvalue weighted by Crippen LogP contribution is -2.28. The van der Waals surface area contributed by atoms with Gasteiger partial charge in [0, 0.05) is 24.3 Å². The smallest absolute Gasteiger partial charge is 0.129 e. The van der Waals surface area contributed by atoms with Gasteiger partial charge in [-0.1, -0.05) is 38.1 Å². The molecule has 22 heavy (non-hydrogen) atoms. The van der Waals surface area contributed by atoms with Crippen LogP contribution in [0.3, 0.4) is 0 Å². The fraction of sp³-hybridized carbons (Fsp3) is 0.389. The fourth-order valence-electron chi connectivity index (χ4n) is 2.47. The zero-order valence-electron chi connectivity index (χ0n) is 13.0. The van der Waals surface area contributed by atoms with E-state index in [9.17, 15) is 9.50 Å². The molecule has 0 aliphatic carbocycles. The van der Waals surface area contributed by atoms with Crippen LogP contribution in [0, 0.1) is 11.7 Å². The van der Waals surface area contributed by atoms with Gasteiger partial charge in [-0.3, -0.25) is 4.98 Å². The fourth-order valence-corrected chi connectivity index (χ4v) is 2.47. The van der Waals surface area contributed by atoms with Gasteiger partial charge in [0.2, 0.25) is 0 Å². The van der Waals surface area contributed by atoms with Crippen LogP contribution in [-0.4, -0.2) is 16.6 Å². The lowest BCUT2D eigenvalue weighted by molar-refractivity contribution is 0.163. The van der Waals surface area contributed by atoms with E-state index in [1.54, 1.807) is 24.4 Å². The van der Waals surface area contributed by atoms with E-state index in [1.807, 2.05) is 18.2 Å². The normalized spacial score (nSPS) is 14.0. The molecular weight excluding hydrogens is 279 g/mol. The molecule has 0 aliphatic rings. The first kappa shape index (κ1) is 16.6. The third-order valence-corrected chi connectivity index (χ3v) is 3.57. The number of aliphatic hydroxyl groups excluding tert-OH is 1. The van der Waals surface area contributed by atoms with Crippen LogP contribution in [0.1, 0.15) is 43.7 Å². The van der Waals surface area contributed by atoms with Crippen LogP contribution in [0.15, 0.2) is 48.7 Å². The van der Waals surface area contributed by atoms with Crippen molar-refractivity contribution in [3.8, 4) is 0 Å². The molecule has 3 nitrogen and oxygen atoms in total. The summed E-state index contributed by atoms with van der Waals surface area (Å²) >= 11 is 0. The molecule has 4 heteroatoms. The number of pyridine rings is 1. The average Bonchev–Trinajstić information content (AvgIpc) is 2.52. The van der Waals surface area contributed by atoms with Crippen molar-refractivity contribution in [1.29, 1.82) is 0 Å². The molecule has 0 radical (unpaired) electrons. The lowest BCUT2D eigenvalue weighted by Gasteiger charge is -2.22. The van der Waals surface area contributed by atoms with E-state index in [2.05, 4.69) is 24.1 Å². The summed E-state index contributed by atoms with van der Waals surface area (Å²) in [6, 6.07) is 12.2. The summed E-state index contributed by atoms with van der Waals surface area (Å²) in [5.74, 6) is 0.111. The van der Waals surface area contributed by atoms with Gasteiger partial charge in [-0.2, -0.15) is 0 Å². The summed E-state index contributed by atoms with van der Waals surface area (Å²) in [5.41, 5.74) is 1.26. The first-order valence-corrected chi connectivity index (χ1v) is 7.64. The number of halogens is 1. The summed E-state index contributed by atoms with van der Waals surface area (Å²) in [6.45, 7) is 4.57. The highest BCUT2D eigenvalue weighted by Gasteiger charge is 2.18. The standard InChI is InChI=1S/C18H23FN2O/c1-13(2)11-17(16-9-5-6-10-20-16)21-12-18(22)14-7-3-4-8-15(14)19/h3-10,13,17-18,21-22H,11-12H2,1-2H3/t17-,18+/m0/s1. The predicted octanol–water partition coefficient (Wildman–Crippen LogP) is 3.63. The Morgan fingerprint density at radius 3 is 2.50 bits per heavy atom. The number of aromatic nitrogens is 1. The van der Waals surface area contributed by atoms with Crippen LogP contribution in [0.4, 0.5) is 4.39 Å². The van der Waals surface area contributed by atoms with Gasteiger partial charge < -0.3 is 10.4 Å². The van der Waals surface area contributed by atoms with E-state index in [1.165, 1.54) is 6.07 Å². The highest BCUT2D eigenvalue weighted by Crippen LogP contribution is 2.21. The zero-order valence-corrected chi connectivity index (χ0v) is 13.0. The summed E-state index contributed by atoms with van der Waals surface area (Å²) in [6.07, 6.45) is 1.79. The molecule has 2 N–H and O–H groups in total. The molecule has 0 amide bonds. The summed E-state index contributed by atoms with van der Waals surface area (Å²) in [5, 5.41) is 13.5. The topological polar surface area (TPSA) is 45.1 Å². The number of nitrogens with zero attached hydrogens (tertiary/aromatic N) is 1. The second-order valence-corrected chi connectivity index (χ2v) is 5.88. The molecule has 1 aromatic heterocycles. The Balaban J connectivity index is 2.04. The van der Waals surface area contributed by atoms with Gasteiger partial charge in [-0.05, 0) is 30.5 Å². The SMILES string of the molecule is CC(C)C[C@H](NC[C@@H](O)c1ccccc1F)c1ccccn1. The molecule has 0 aliphatic heterocycles. The maximum absolute atomic E-state index is 13.7. The maximum Gasteiger partial charge on any atom is 0.129 e. The van der Waals surface area contributed by atoms with Crippen molar-refractivity contribution in [2.45, 2.75) is 32.4 Å². The van der Waals surface area contributed by atoms with Crippen molar-refractivity contribution in [2.75, 3.05) is 6.54 Å². The van der Waals surface area contributed by atoms with Gasteiger partial charge in [0.15, 0.2) is 0 Å². The molecule has 0 saturated heterocycles. The third kappa shape index (κ3) is 4.61. The van der Waals surface area contributed by atoms with Crippen molar-refractivity contribution in [1.82, 2.24) is 10.3 Å². The highest BCUT2D eigenvalue weighted by molar-refractivity contribution is 5.20. The predicted molar refractivity (Wildman–Crippen MR) is 85.8 cm³/mol. The number of aliphatic hydroxyl groups is 1. The van der Waals surface area contributed by atoms with Crippen LogP contribution in [0.5, 0.6) is 0 Å². The quantitative estimate of drug-likeness (QED) is 0.821. The number of benzene rings is 1. The molecule has 1 heterocycles. The van der Waals surface area contributed by atoms with Gasteiger partial charge in [0.1, 0.15) is 5.82 Å². The molecule has 0 saturated carbocycles. The molecular formula is C18H23FN2O. The number of rotatable bonds is 7. The number of nitrogens with one attached hydrogen (secondary N) is 1. The Bertz CT molecular complexity index is 574. The molecule has 0 fully saturated rings. The molecule has 2 aromatic rings. The lowest BCUT2D eigenvalue weighted by atomic mass is 10.00. The van der Waals surface area contributed by atoms with Crippen LogP contribution < -0.4 is 5.32 Å². The first-order valence-electron chi connectivity index (χ1n) is 7.64. The molecule has 0 unspecified atom stereocenters. The minimum Gasteiger partial charge on any atom is -0.387 e. The Labute approximate surface area is 131 Å². The minimum atomic E-state index is -0.875. The molecule has 1 aromatic carbocycles. The van der Waals surface area contributed by atoms with E-state index < -0.39 is 6.10 Å². The Hall–Kier alpha value is -1.78. The molecule has 0 spiro atoms. The minimum absolute atomic E-state index is 0.0441. The van der Waals surface area contributed by atoms with Crippen LogP contribution in [0.25, 0.3) is 0 Å². The monoisotopic (exact) mass is 302 g/mol. The zero-order chi connectivity index (χ0) is 15.9. The van der Waals surface area contributed by atoms with E-state index in [-0.39, 0.29) is 18.4 Å². The van der Waals surface area contributed by atoms with Crippen molar-refractivity contribution in [3.05, 3.63) is 65.7 Å². The second kappa shape index (κ2) is 8.01. The maximum atomic E-state index is 13.7. The third-order valence-electron chi connectivity index (χ3n) is 3.57. The average molecular weight is 302 g/mol. The van der Waals surface area contributed by atoms with E-state index >= 15 is 0 Å². The highest BCUT2D eigenvalue weighted by atomic mass is 19.1. The van der Waals surface area contributed by atoms with Crippen LogP contribution >= 0.6 is 0 Å². The molecule has 0 bridgehead atoms. The van der Waals surface area contributed by atoms with Crippen LogP contribution in [0.2, 0.25) is 0 Å². The molecule has 2 rings (SSSR count). The van der Waals surface area contributed by atoms with Crippen molar-refractivity contribution >= 4 is 0 Å². The van der Waals surface area contributed by atoms with E-state index in [4.69, 9.17) is 0 Å². The molecule has 118 valence electrons. The Kier molecular flexibility index (Phi) is 6.04. The first-order chi connectivity index (χ1) is 10.6. The second-order valence-electron chi connectivity index (χ2n) is 5.88. The van der Waals surface area contributed by atoms with Gasteiger partial charge in [0.05, 0.1) is 11.8 Å². The van der Waals surface area contributed by atoms with E-state index in [0.717, 1.165) is 12.1 Å². The number of hydrogen-bond acceptors (Lipinski definition) is 3. The Morgan fingerprint density at radius 1 is 1.14 bits per heavy atom. The summed E-state index contributed by atoms with van der Waals surface area (Å²) in [7, 11) is 0. The van der Waals surface area contributed by atoms with Gasteiger partial charge in [0.25, 0.3) is 0 Å². The van der Waals surface area contributed by atoms with Crippen molar-refractivity contribution < 1.29 is 9.50 Å². The summed E-state index contributed by atoms with van der Waals surface area (Å²) < 4.78 is 13.7. The Morgan fingerprint density at radius 2 is 1.86 bits per heavy atom. The van der Waals surface area contributed by atoms with Crippen LogP contribution in [-0.2, 0) is 0 Å². The van der Waals surface area contributed by atoms with E-state index in [0.29, 0.717) is 11.5 Å². The molecule has 2 atom stereocenters.